The van der Waals surface area contributed by atoms with Crippen LogP contribution in [-0.4, -0.2) is 39.6 Å². The zero-order valence-electron chi connectivity index (χ0n) is 18.3. The number of aryl methyl sites for hydroxylation is 1. The monoisotopic (exact) mass is 402 g/mol. The molecule has 0 saturated carbocycles. The summed E-state index contributed by atoms with van der Waals surface area (Å²) in [6, 6.07) is 21.4. The second-order valence-corrected chi connectivity index (χ2v) is 9.65. The van der Waals surface area contributed by atoms with E-state index >= 15 is 0 Å². The first-order chi connectivity index (χ1) is 14.6. The van der Waals surface area contributed by atoms with Crippen LogP contribution in [0.4, 0.5) is 0 Å². The molecule has 1 aromatic heterocycles. The molecule has 4 heteroatoms. The molecule has 0 amide bonds. The van der Waals surface area contributed by atoms with Crippen LogP contribution in [-0.2, 0) is 5.41 Å². The van der Waals surface area contributed by atoms with Crippen molar-refractivity contribution in [1.29, 1.82) is 0 Å². The minimum atomic E-state index is 0.0503. The van der Waals surface area contributed by atoms with Crippen LogP contribution in [0.1, 0.15) is 56.5 Å². The smallest absolute Gasteiger partial charge is 0.106 e. The number of para-hydroxylation sites is 2. The van der Waals surface area contributed by atoms with Crippen molar-refractivity contribution < 1.29 is 0 Å². The van der Waals surface area contributed by atoms with Crippen LogP contribution in [0, 0.1) is 6.92 Å². The van der Waals surface area contributed by atoms with Gasteiger partial charge in [-0.15, -0.1) is 0 Å². The van der Waals surface area contributed by atoms with Gasteiger partial charge in [-0.25, -0.2) is 4.98 Å². The van der Waals surface area contributed by atoms with Crippen molar-refractivity contribution in [2.24, 2.45) is 5.73 Å². The minimum Gasteiger partial charge on any atom is -0.330 e. The van der Waals surface area contributed by atoms with Crippen molar-refractivity contribution in [2.45, 2.75) is 69.5 Å². The average molecular weight is 403 g/mol. The highest BCUT2D eigenvalue weighted by Gasteiger charge is 2.42. The van der Waals surface area contributed by atoms with Crippen molar-refractivity contribution >= 4 is 11.0 Å². The molecule has 4 atom stereocenters. The molecule has 2 N–H and O–H groups in total. The molecule has 2 saturated heterocycles. The molecule has 3 heterocycles. The van der Waals surface area contributed by atoms with Gasteiger partial charge in [-0.3, -0.25) is 4.90 Å². The Bertz CT molecular complexity index is 996. The van der Waals surface area contributed by atoms with Crippen LogP contribution in [0.2, 0.25) is 0 Å². The number of piperidine rings is 1. The normalized spacial score (nSPS) is 26.2. The third-order valence-corrected chi connectivity index (χ3v) is 7.84. The van der Waals surface area contributed by atoms with Gasteiger partial charge in [0, 0.05) is 30.1 Å². The van der Waals surface area contributed by atoms with Crippen molar-refractivity contribution in [1.82, 2.24) is 14.5 Å². The van der Waals surface area contributed by atoms with Crippen LogP contribution in [0.3, 0.4) is 0 Å². The largest absolute Gasteiger partial charge is 0.330 e. The summed E-state index contributed by atoms with van der Waals surface area (Å²) in [6.45, 7) is 6.34. The van der Waals surface area contributed by atoms with E-state index in [9.17, 15) is 0 Å². The molecular weight excluding hydrogens is 368 g/mol. The summed E-state index contributed by atoms with van der Waals surface area (Å²) >= 11 is 0. The first-order valence-electron chi connectivity index (χ1n) is 11.5. The fraction of sp³-hybridized carbons (Fsp3) is 0.500. The zero-order chi connectivity index (χ0) is 20.7. The molecule has 5 rings (SSSR count). The lowest BCUT2D eigenvalue weighted by Gasteiger charge is -2.41. The number of aromatic nitrogens is 2. The lowest BCUT2D eigenvalue weighted by molar-refractivity contribution is 0.0987. The van der Waals surface area contributed by atoms with Crippen molar-refractivity contribution in [3.63, 3.8) is 0 Å². The summed E-state index contributed by atoms with van der Waals surface area (Å²) in [5.74, 6) is 1.16. The first kappa shape index (κ1) is 19.8. The number of rotatable bonds is 6. The second-order valence-electron chi connectivity index (χ2n) is 9.65. The summed E-state index contributed by atoms with van der Waals surface area (Å²) in [5, 5.41) is 0. The molecule has 2 fully saturated rings. The van der Waals surface area contributed by atoms with Gasteiger partial charge in [-0.05, 0) is 63.3 Å². The number of nitrogens with two attached hydrogens (primary N) is 1. The molecule has 2 aliphatic rings. The Kier molecular flexibility index (Phi) is 5.16. The average Bonchev–Trinajstić information content (AvgIpc) is 3.23. The summed E-state index contributed by atoms with van der Waals surface area (Å²) in [4.78, 5) is 7.63. The van der Waals surface area contributed by atoms with Gasteiger partial charge in [0.2, 0.25) is 0 Å². The maximum absolute atomic E-state index is 6.27. The second kappa shape index (κ2) is 7.82. The van der Waals surface area contributed by atoms with E-state index in [0.29, 0.717) is 24.7 Å². The lowest BCUT2D eigenvalue weighted by Crippen LogP contribution is -2.46. The van der Waals surface area contributed by atoms with E-state index in [-0.39, 0.29) is 5.41 Å². The number of imidazole rings is 1. The van der Waals surface area contributed by atoms with Gasteiger partial charge in [0.1, 0.15) is 5.82 Å². The lowest BCUT2D eigenvalue weighted by atomic mass is 9.79. The van der Waals surface area contributed by atoms with Gasteiger partial charge in [-0.1, -0.05) is 49.4 Å². The molecule has 0 radical (unpaired) electrons. The highest BCUT2D eigenvalue weighted by Crippen LogP contribution is 2.43. The zero-order valence-corrected chi connectivity index (χ0v) is 18.3. The molecule has 0 aliphatic carbocycles. The highest BCUT2D eigenvalue weighted by atomic mass is 15.2. The molecule has 2 aromatic carbocycles. The van der Waals surface area contributed by atoms with Crippen LogP contribution < -0.4 is 5.73 Å². The number of fused-ring (bicyclic) bond motifs is 3. The Labute approximate surface area is 180 Å². The van der Waals surface area contributed by atoms with E-state index in [1.807, 2.05) is 0 Å². The van der Waals surface area contributed by atoms with E-state index in [1.165, 1.54) is 36.8 Å². The summed E-state index contributed by atoms with van der Waals surface area (Å²) in [6.07, 6.45) is 6.26. The molecule has 0 spiro atoms. The Hall–Kier alpha value is -2.17. The SMILES string of the molecule is Cc1nc2ccccc2n1C1C[C@H]2CC[C@@H](C1)N2CCC(C)(CN)c1ccccc1. The molecule has 30 heavy (non-hydrogen) atoms. The molecule has 2 aliphatic heterocycles. The molecular formula is C26H34N4. The van der Waals surface area contributed by atoms with Gasteiger partial charge in [0.05, 0.1) is 11.0 Å². The highest BCUT2D eigenvalue weighted by molar-refractivity contribution is 5.76. The Balaban J connectivity index is 1.32. The van der Waals surface area contributed by atoms with Crippen molar-refractivity contribution in [2.75, 3.05) is 13.1 Å². The Morgan fingerprint density at radius 2 is 1.63 bits per heavy atom. The number of benzene rings is 2. The summed E-state index contributed by atoms with van der Waals surface area (Å²) < 4.78 is 2.52. The molecule has 2 unspecified atom stereocenters. The van der Waals surface area contributed by atoms with E-state index in [1.54, 1.807) is 0 Å². The maximum Gasteiger partial charge on any atom is 0.106 e. The van der Waals surface area contributed by atoms with E-state index in [0.717, 1.165) is 24.3 Å². The van der Waals surface area contributed by atoms with Crippen molar-refractivity contribution in [3.8, 4) is 0 Å². The minimum absolute atomic E-state index is 0.0503. The third-order valence-electron chi connectivity index (χ3n) is 7.84. The van der Waals surface area contributed by atoms with Gasteiger partial charge in [0.15, 0.2) is 0 Å². The Morgan fingerprint density at radius 1 is 0.967 bits per heavy atom. The fourth-order valence-electron chi connectivity index (χ4n) is 6.03. The number of hydrogen-bond acceptors (Lipinski definition) is 3. The standard InChI is InChI=1S/C26H34N4/c1-19-28-24-10-6-7-11-25(24)30(19)23-16-21-12-13-22(17-23)29(21)15-14-26(2,18-27)20-8-4-3-5-9-20/h3-11,21-23H,12-18,27H2,1-2H3/t21-,22+,23?,26?. The third kappa shape index (κ3) is 3.36. The van der Waals surface area contributed by atoms with Crippen LogP contribution in [0.25, 0.3) is 11.0 Å². The molecule has 4 nitrogen and oxygen atoms in total. The first-order valence-corrected chi connectivity index (χ1v) is 11.5. The number of nitrogens with zero attached hydrogens (tertiary/aromatic N) is 3. The van der Waals surface area contributed by atoms with Crippen LogP contribution in [0.15, 0.2) is 54.6 Å². The van der Waals surface area contributed by atoms with Gasteiger partial charge >= 0.3 is 0 Å². The Morgan fingerprint density at radius 3 is 2.33 bits per heavy atom. The van der Waals surface area contributed by atoms with Gasteiger partial charge in [-0.2, -0.15) is 0 Å². The summed E-state index contributed by atoms with van der Waals surface area (Å²) in [5.41, 5.74) is 10.1. The molecule has 3 aromatic rings. The molecule has 2 bridgehead atoms. The topological polar surface area (TPSA) is 47.1 Å². The van der Waals surface area contributed by atoms with Crippen molar-refractivity contribution in [3.05, 3.63) is 66.0 Å². The maximum atomic E-state index is 6.27. The fourth-order valence-corrected chi connectivity index (χ4v) is 6.03. The quantitative estimate of drug-likeness (QED) is 0.643. The predicted molar refractivity (Wildman–Crippen MR) is 124 cm³/mol. The predicted octanol–water partition coefficient (Wildman–Crippen LogP) is 4.82. The van der Waals surface area contributed by atoms with Gasteiger partial charge < -0.3 is 10.3 Å². The van der Waals surface area contributed by atoms with E-state index in [4.69, 9.17) is 10.7 Å². The molecule has 158 valence electrons. The van der Waals surface area contributed by atoms with E-state index in [2.05, 4.69) is 77.9 Å². The van der Waals surface area contributed by atoms with E-state index < -0.39 is 0 Å². The van der Waals surface area contributed by atoms with Crippen LogP contribution >= 0.6 is 0 Å². The van der Waals surface area contributed by atoms with Gasteiger partial charge in [0.25, 0.3) is 0 Å². The summed E-state index contributed by atoms with van der Waals surface area (Å²) in [7, 11) is 0. The van der Waals surface area contributed by atoms with Crippen LogP contribution in [0.5, 0.6) is 0 Å². The number of hydrogen-bond donors (Lipinski definition) is 1.